The fourth-order valence-electron chi connectivity index (χ4n) is 12.8. The summed E-state index contributed by atoms with van der Waals surface area (Å²) in [7, 11) is 0. The van der Waals surface area contributed by atoms with Crippen LogP contribution in [0.1, 0.15) is 257 Å². The Balaban J connectivity index is 1.38. The van der Waals surface area contributed by atoms with Crippen molar-refractivity contribution in [1.29, 1.82) is 0 Å². The summed E-state index contributed by atoms with van der Waals surface area (Å²) in [5, 5.41) is 9.58. The minimum atomic E-state index is -0.827. The van der Waals surface area contributed by atoms with Gasteiger partial charge in [-0.15, -0.1) is 0 Å². The van der Waals surface area contributed by atoms with E-state index in [1.165, 1.54) is 0 Å². The summed E-state index contributed by atoms with van der Waals surface area (Å²) >= 11 is 0. The van der Waals surface area contributed by atoms with E-state index in [1.54, 1.807) is 0 Å². The smallest absolute Gasteiger partial charge is 0.222 e. The third-order valence-corrected chi connectivity index (χ3v) is 20.7. The van der Waals surface area contributed by atoms with Gasteiger partial charge in [-0.05, 0) is 145 Å². The molecule has 3 rings (SSSR count). The number of rotatable bonds is 54. The molecule has 3 saturated heterocycles. The first kappa shape index (κ1) is 83.4. The molecule has 16 atom stereocenters. The Morgan fingerprint density at radius 3 is 1.11 bits per heavy atom. The minimum Gasteiger partial charge on any atom is -0.379 e. The fraction of sp³-hybridized carbons (Fsp3) is 0.919. The van der Waals surface area contributed by atoms with Crippen LogP contribution in [0, 0.1) is 59.2 Å². The number of nitrogens with one attached hydrogen (secondary N) is 3. The van der Waals surface area contributed by atoms with Crippen molar-refractivity contribution in [3.63, 3.8) is 0 Å². The van der Waals surface area contributed by atoms with Crippen molar-refractivity contribution >= 4 is 34.9 Å². The van der Waals surface area contributed by atoms with Crippen LogP contribution in [0.5, 0.6) is 0 Å². The van der Waals surface area contributed by atoms with Crippen LogP contribution >= 0.6 is 0 Å². The van der Waals surface area contributed by atoms with Gasteiger partial charge in [0.15, 0.2) is 18.9 Å². The Bertz CT molecular complexity index is 1940. The van der Waals surface area contributed by atoms with Gasteiger partial charge in [0.05, 0.1) is 63.5 Å². The first-order chi connectivity index (χ1) is 44.0. The molecule has 0 radical (unpaired) electrons. The number of ether oxygens (including phenoxy) is 9. The zero-order valence-corrected chi connectivity index (χ0v) is 60.5. The van der Waals surface area contributed by atoms with E-state index in [1.807, 2.05) is 0 Å². The van der Waals surface area contributed by atoms with Crippen LogP contribution in [-0.4, -0.2) is 157 Å². The second-order valence-electron chi connectivity index (χ2n) is 28.6. The molecule has 0 aromatic heterocycles. The maximum atomic E-state index is 13.0. The van der Waals surface area contributed by atoms with Crippen molar-refractivity contribution in [3.05, 3.63) is 0 Å². The monoisotopic (exact) mass is 1310 g/mol. The van der Waals surface area contributed by atoms with E-state index in [-0.39, 0.29) is 137 Å². The number of hydrogen-bond acceptors (Lipinski definition) is 16. The van der Waals surface area contributed by atoms with Crippen LogP contribution in [0.2, 0.25) is 0 Å². The average molecular weight is 1310 g/mol. The molecule has 18 heteroatoms. The first-order valence-corrected chi connectivity index (χ1v) is 36.9. The third kappa shape index (κ3) is 33.5. The first-order valence-electron chi connectivity index (χ1n) is 36.9. The Morgan fingerprint density at radius 2 is 0.707 bits per heavy atom. The van der Waals surface area contributed by atoms with Gasteiger partial charge in [-0.3, -0.25) is 28.8 Å². The molecule has 3 fully saturated rings. The van der Waals surface area contributed by atoms with Gasteiger partial charge < -0.3 is 58.6 Å². The van der Waals surface area contributed by atoms with Crippen molar-refractivity contribution in [1.82, 2.24) is 16.0 Å². The van der Waals surface area contributed by atoms with E-state index < -0.39 is 5.54 Å². The highest BCUT2D eigenvalue weighted by molar-refractivity contribution is 5.80. The van der Waals surface area contributed by atoms with Gasteiger partial charge in [-0.25, -0.2) is 0 Å². The molecular formula is C74H135N3O15. The molecular weight excluding hydrogens is 1170 g/mol. The van der Waals surface area contributed by atoms with Crippen LogP contribution in [0.15, 0.2) is 0 Å². The number of unbranched alkanes of at least 4 members (excludes halogenated alkanes) is 7. The number of carbonyl (C=O) groups excluding carboxylic acids is 6. The van der Waals surface area contributed by atoms with Crippen LogP contribution < -0.4 is 16.0 Å². The molecule has 3 heterocycles. The predicted molar refractivity (Wildman–Crippen MR) is 363 cm³/mol. The van der Waals surface area contributed by atoms with Crippen molar-refractivity contribution in [2.75, 3.05) is 79.1 Å². The van der Waals surface area contributed by atoms with Crippen molar-refractivity contribution in [2.45, 2.75) is 300 Å². The second kappa shape index (κ2) is 48.0. The lowest BCUT2D eigenvalue weighted by Crippen LogP contribution is -2.57. The highest BCUT2D eigenvalue weighted by atomic mass is 16.7. The number of hydrogen-bond donors (Lipinski definition) is 3. The van der Waals surface area contributed by atoms with Crippen LogP contribution in [0.3, 0.4) is 0 Å². The fourth-order valence-corrected chi connectivity index (χ4v) is 12.8. The van der Waals surface area contributed by atoms with E-state index in [0.29, 0.717) is 163 Å². The lowest BCUT2D eigenvalue weighted by atomic mass is 9.78. The van der Waals surface area contributed by atoms with Gasteiger partial charge in [0, 0.05) is 115 Å². The second-order valence-corrected chi connectivity index (χ2v) is 28.6. The molecule has 0 aromatic rings. The van der Waals surface area contributed by atoms with Gasteiger partial charge in [0.1, 0.15) is 23.1 Å². The number of carbonyl (C=O) groups is 6. The standard InChI is InChI=1S/C74H135N3O15/c1-15-67-57(9)54(6)60(12)72(91-67)88-42-27-22-34-63(78)30-18-17-19-31-65(80)37-45-84-49-74(77-48-52(3)4,50-85-46-38-66(81)33-21-26-40-75-69(82)36-24-29-44-87-71-59(11)53(5)56(8)62(14)90-71)51-86-47-39-70(83)76-41-25-20-32-64(79)35-23-28-43-89-73-61(13)55(7)58(10)68(16-2)92-73/h52-62,67-68,71-73,77H,15-51H2,1-14H3,(H,75,82)(H,76,83)/t53?,54?,55?,56-,57-,58-,59+,60+,61+,62?,67?,68?,71-,72-,73-,74?/m0/s1. The predicted octanol–water partition coefficient (Wildman–Crippen LogP) is 13.3. The molecule has 3 aliphatic rings. The molecule has 0 aliphatic carbocycles. The van der Waals surface area contributed by atoms with Gasteiger partial charge >= 0.3 is 0 Å². The lowest BCUT2D eigenvalue weighted by molar-refractivity contribution is -0.248. The minimum absolute atomic E-state index is 0.00542. The summed E-state index contributed by atoms with van der Waals surface area (Å²) in [6, 6.07) is 0. The van der Waals surface area contributed by atoms with Crippen molar-refractivity contribution in [2.24, 2.45) is 59.2 Å². The Labute approximate surface area is 558 Å². The summed E-state index contributed by atoms with van der Waals surface area (Å²) in [5.74, 6) is 4.90. The number of Topliss-reactive ketones (excluding diaryl/α,β-unsaturated/α-hetero) is 4. The van der Waals surface area contributed by atoms with Crippen molar-refractivity contribution in [3.8, 4) is 0 Å². The molecule has 0 saturated carbocycles. The SMILES string of the molecule is CCC1O[C@H](OCCCCC(=O)CCCCCC(=O)CCOCC(COCCC(=O)CCCCNC(=O)CCCCO[C@H]2OC(C)[C@@H](C)C(C)[C@H]2C)(COCCC(=O)NCCCCC(=O)CCCCO[C@H]2OC(CC)[C@@H](C)C(C)[C@H]2C)NCC(C)C)[C@H](C)C(C)[C@@H]1C. The molecule has 0 bridgehead atoms. The molecule has 92 heavy (non-hydrogen) atoms. The molecule has 2 amide bonds. The van der Waals surface area contributed by atoms with Crippen LogP contribution in [0.4, 0.5) is 0 Å². The summed E-state index contributed by atoms with van der Waals surface area (Å²) in [5.41, 5.74) is -0.827. The van der Waals surface area contributed by atoms with E-state index in [2.05, 4.69) is 113 Å². The maximum absolute atomic E-state index is 13.0. The maximum Gasteiger partial charge on any atom is 0.222 e. The van der Waals surface area contributed by atoms with Crippen molar-refractivity contribution < 1.29 is 71.4 Å². The lowest BCUT2D eigenvalue weighted by Gasteiger charge is -2.43. The topological polar surface area (TPSA) is 222 Å². The quantitative estimate of drug-likeness (QED) is 0.0482. The Morgan fingerprint density at radius 1 is 0.370 bits per heavy atom. The zero-order valence-electron chi connectivity index (χ0n) is 60.5. The highest BCUT2D eigenvalue weighted by Gasteiger charge is 2.41. The largest absolute Gasteiger partial charge is 0.379 e. The third-order valence-electron chi connectivity index (χ3n) is 20.7. The highest BCUT2D eigenvalue weighted by Crippen LogP contribution is 2.39. The molecule has 536 valence electrons. The molecule has 3 N–H and O–H groups in total. The van der Waals surface area contributed by atoms with Gasteiger partial charge in [0.2, 0.25) is 11.8 Å². The van der Waals surface area contributed by atoms with Crippen LogP contribution in [-0.2, 0) is 71.4 Å². The molecule has 7 unspecified atom stereocenters. The Hall–Kier alpha value is -2.78. The number of ketones is 4. The normalized spacial score (nSPS) is 27.4. The summed E-state index contributed by atoms with van der Waals surface area (Å²) in [6.45, 7) is 35.3. The van der Waals surface area contributed by atoms with Gasteiger partial charge in [-0.1, -0.05) is 96.4 Å². The number of amides is 2. The van der Waals surface area contributed by atoms with Crippen LogP contribution in [0.25, 0.3) is 0 Å². The average Bonchev–Trinajstić information content (AvgIpc) is 0.899. The van der Waals surface area contributed by atoms with Gasteiger partial charge in [0.25, 0.3) is 0 Å². The summed E-state index contributed by atoms with van der Waals surface area (Å²) in [4.78, 5) is 76.8. The van der Waals surface area contributed by atoms with E-state index in [0.717, 1.165) is 70.6 Å². The molecule has 18 nitrogen and oxygen atoms in total. The Kier molecular flexibility index (Phi) is 43.6. The molecule has 0 spiro atoms. The van der Waals surface area contributed by atoms with E-state index in [9.17, 15) is 28.8 Å². The van der Waals surface area contributed by atoms with E-state index in [4.69, 9.17) is 42.6 Å². The van der Waals surface area contributed by atoms with Gasteiger partial charge in [-0.2, -0.15) is 0 Å². The zero-order chi connectivity index (χ0) is 67.8. The summed E-state index contributed by atoms with van der Waals surface area (Å²) in [6.07, 6.45) is 15.7. The summed E-state index contributed by atoms with van der Waals surface area (Å²) < 4.78 is 55.6. The molecule has 3 aliphatic heterocycles. The van der Waals surface area contributed by atoms with E-state index >= 15 is 0 Å². The molecule has 0 aromatic carbocycles.